The molecule has 0 bridgehead atoms. The Morgan fingerprint density at radius 3 is 2.23 bits per heavy atom. The van der Waals surface area contributed by atoms with Crippen LogP contribution in [-0.2, 0) is 4.74 Å². The molecule has 2 rings (SSSR count). The Labute approximate surface area is 158 Å². The van der Waals surface area contributed by atoms with E-state index >= 15 is 0 Å². The van der Waals surface area contributed by atoms with Crippen molar-refractivity contribution in [2.45, 2.75) is 13.0 Å². The van der Waals surface area contributed by atoms with E-state index < -0.39 is 5.97 Å². The number of hydrogen-bond acceptors (Lipinski definition) is 5. The van der Waals surface area contributed by atoms with Crippen molar-refractivity contribution in [3.63, 3.8) is 0 Å². The van der Waals surface area contributed by atoms with Crippen molar-refractivity contribution in [2.75, 3.05) is 26.6 Å². The van der Waals surface area contributed by atoms with Crippen molar-refractivity contribution in [2.24, 2.45) is 0 Å². The van der Waals surface area contributed by atoms with Gasteiger partial charge in [-0.05, 0) is 24.7 Å². The molecule has 2 aromatic rings. The molecule has 1 atom stereocenters. The van der Waals surface area contributed by atoms with Crippen LogP contribution >= 0.6 is 12.2 Å². The van der Waals surface area contributed by atoms with Gasteiger partial charge >= 0.3 is 5.97 Å². The van der Waals surface area contributed by atoms with Crippen molar-refractivity contribution in [1.29, 1.82) is 0 Å². The van der Waals surface area contributed by atoms with Gasteiger partial charge in [-0.1, -0.05) is 30.3 Å². The molecule has 0 spiro atoms. The molecule has 0 radical (unpaired) electrons. The summed E-state index contributed by atoms with van der Waals surface area (Å²) >= 11 is 5.39. The largest absolute Gasteiger partial charge is 0.493 e. The minimum absolute atomic E-state index is 0.00193. The van der Waals surface area contributed by atoms with Crippen LogP contribution in [0.2, 0.25) is 0 Å². The lowest BCUT2D eigenvalue weighted by molar-refractivity contribution is 0.0601. The monoisotopic (exact) mass is 374 g/mol. The fraction of sp³-hybridized carbons (Fsp3) is 0.263. The Bertz CT molecular complexity index is 781. The predicted octanol–water partition coefficient (Wildman–Crippen LogP) is 3.54. The number of carbonyl (C=O) groups excluding carboxylic acids is 1. The van der Waals surface area contributed by atoms with E-state index in [1.165, 1.54) is 21.3 Å². The summed E-state index contributed by atoms with van der Waals surface area (Å²) < 4.78 is 15.4. The van der Waals surface area contributed by atoms with E-state index in [1.54, 1.807) is 12.1 Å². The van der Waals surface area contributed by atoms with Crippen molar-refractivity contribution >= 4 is 29.0 Å². The Morgan fingerprint density at radius 2 is 1.65 bits per heavy atom. The summed E-state index contributed by atoms with van der Waals surface area (Å²) in [4.78, 5) is 12.1. The zero-order valence-electron chi connectivity index (χ0n) is 15.2. The van der Waals surface area contributed by atoms with Gasteiger partial charge in [-0.15, -0.1) is 0 Å². The summed E-state index contributed by atoms with van der Waals surface area (Å²) in [6, 6.07) is 13.1. The van der Waals surface area contributed by atoms with E-state index in [1.807, 2.05) is 37.3 Å². The van der Waals surface area contributed by atoms with Gasteiger partial charge < -0.3 is 24.8 Å². The van der Waals surface area contributed by atoms with E-state index in [0.717, 1.165) is 5.56 Å². The average Bonchev–Trinajstić information content (AvgIpc) is 2.67. The molecule has 0 aliphatic carbocycles. The second-order valence-corrected chi connectivity index (χ2v) is 5.88. The highest BCUT2D eigenvalue weighted by Crippen LogP contribution is 2.33. The van der Waals surface area contributed by atoms with Crippen LogP contribution < -0.4 is 20.1 Å². The number of nitrogens with one attached hydrogen (secondary N) is 2. The van der Waals surface area contributed by atoms with Crippen LogP contribution in [0.5, 0.6) is 11.5 Å². The van der Waals surface area contributed by atoms with Crippen molar-refractivity contribution in [3.05, 3.63) is 53.6 Å². The molecule has 0 aliphatic rings. The number of carbonyl (C=O) groups is 1. The zero-order valence-corrected chi connectivity index (χ0v) is 16.0. The third kappa shape index (κ3) is 4.64. The zero-order chi connectivity index (χ0) is 19.1. The predicted molar refractivity (Wildman–Crippen MR) is 105 cm³/mol. The number of ether oxygens (including phenoxy) is 3. The fourth-order valence-electron chi connectivity index (χ4n) is 2.44. The highest BCUT2D eigenvalue weighted by Gasteiger charge is 2.18. The summed E-state index contributed by atoms with van der Waals surface area (Å²) in [5, 5.41) is 6.60. The van der Waals surface area contributed by atoms with Gasteiger partial charge in [0.2, 0.25) is 0 Å². The molecule has 0 aliphatic heterocycles. The summed E-state index contributed by atoms with van der Waals surface area (Å²) in [6.07, 6.45) is 0. The van der Waals surface area contributed by atoms with Gasteiger partial charge in [0, 0.05) is 12.1 Å². The molecule has 6 nitrogen and oxygen atoms in total. The molecular formula is C19H22N2O4S. The second kappa shape index (κ2) is 9.05. The summed E-state index contributed by atoms with van der Waals surface area (Å²) in [5.41, 5.74) is 1.85. The van der Waals surface area contributed by atoms with E-state index in [9.17, 15) is 4.79 Å². The first kappa shape index (κ1) is 19.5. The SMILES string of the molecule is COC(=O)c1cc(OC)c(OC)cc1NC(=S)N[C@@H](C)c1ccccc1. The van der Waals surface area contributed by atoms with Crippen LogP contribution in [0.3, 0.4) is 0 Å². The van der Waals surface area contributed by atoms with Crippen LogP contribution in [0.4, 0.5) is 5.69 Å². The van der Waals surface area contributed by atoms with Gasteiger partial charge in [-0.25, -0.2) is 4.79 Å². The van der Waals surface area contributed by atoms with E-state index in [4.69, 9.17) is 26.4 Å². The number of esters is 1. The first-order valence-electron chi connectivity index (χ1n) is 7.97. The van der Waals surface area contributed by atoms with Crippen LogP contribution in [0.25, 0.3) is 0 Å². The molecule has 0 fully saturated rings. The fourth-order valence-corrected chi connectivity index (χ4v) is 2.73. The normalized spacial score (nSPS) is 11.2. The molecule has 2 N–H and O–H groups in total. The maximum atomic E-state index is 12.1. The Balaban J connectivity index is 2.23. The lowest BCUT2D eigenvalue weighted by Crippen LogP contribution is -2.31. The van der Waals surface area contributed by atoms with Gasteiger partial charge in [-0.3, -0.25) is 0 Å². The van der Waals surface area contributed by atoms with Crippen molar-refractivity contribution < 1.29 is 19.0 Å². The number of rotatable bonds is 6. The highest BCUT2D eigenvalue weighted by molar-refractivity contribution is 7.80. The third-order valence-electron chi connectivity index (χ3n) is 3.82. The van der Waals surface area contributed by atoms with Crippen LogP contribution in [-0.4, -0.2) is 32.4 Å². The van der Waals surface area contributed by atoms with E-state index in [0.29, 0.717) is 27.9 Å². The van der Waals surface area contributed by atoms with Gasteiger partial charge in [0.1, 0.15) is 0 Å². The standard InChI is InChI=1S/C19H22N2O4S/c1-12(13-8-6-5-7-9-13)20-19(26)21-15-11-17(24-3)16(23-2)10-14(15)18(22)25-4/h5-12H,1-4H3,(H2,20,21,26)/t12-/m0/s1. The van der Waals surface area contributed by atoms with Crippen LogP contribution in [0, 0.1) is 0 Å². The Morgan fingerprint density at radius 1 is 1.04 bits per heavy atom. The summed E-state index contributed by atoms with van der Waals surface area (Å²) in [7, 11) is 4.34. The van der Waals surface area contributed by atoms with Crippen LogP contribution in [0.15, 0.2) is 42.5 Å². The third-order valence-corrected chi connectivity index (χ3v) is 4.04. The smallest absolute Gasteiger partial charge is 0.340 e. The van der Waals surface area contributed by atoms with Crippen LogP contribution in [0.1, 0.15) is 28.9 Å². The van der Waals surface area contributed by atoms with E-state index in [-0.39, 0.29) is 6.04 Å². The number of benzene rings is 2. The molecule has 0 aromatic heterocycles. The molecule has 0 unspecified atom stereocenters. The molecule has 0 amide bonds. The molecule has 0 heterocycles. The Hall–Kier alpha value is -2.80. The molecule has 0 saturated heterocycles. The van der Waals surface area contributed by atoms with Gasteiger partial charge in [0.15, 0.2) is 16.6 Å². The lowest BCUT2D eigenvalue weighted by atomic mass is 10.1. The first-order chi connectivity index (χ1) is 12.5. The minimum atomic E-state index is -0.507. The lowest BCUT2D eigenvalue weighted by Gasteiger charge is -2.19. The highest BCUT2D eigenvalue weighted by atomic mass is 32.1. The van der Waals surface area contributed by atoms with Gasteiger partial charge in [0.05, 0.1) is 38.6 Å². The maximum Gasteiger partial charge on any atom is 0.340 e. The minimum Gasteiger partial charge on any atom is -0.493 e. The number of hydrogen-bond donors (Lipinski definition) is 2. The van der Waals surface area contributed by atoms with Gasteiger partial charge in [0.25, 0.3) is 0 Å². The molecule has 26 heavy (non-hydrogen) atoms. The topological polar surface area (TPSA) is 68.8 Å². The Kier molecular flexibility index (Phi) is 6.80. The maximum absolute atomic E-state index is 12.1. The molecule has 0 saturated carbocycles. The molecule has 7 heteroatoms. The summed E-state index contributed by atoms with van der Waals surface area (Å²) in [5.74, 6) is 0.393. The first-order valence-corrected chi connectivity index (χ1v) is 8.37. The van der Waals surface area contributed by atoms with Gasteiger partial charge in [-0.2, -0.15) is 0 Å². The molecule has 138 valence electrons. The van der Waals surface area contributed by atoms with E-state index in [2.05, 4.69) is 10.6 Å². The number of methoxy groups -OCH3 is 3. The number of anilines is 1. The average molecular weight is 374 g/mol. The van der Waals surface area contributed by atoms with Crippen molar-refractivity contribution in [1.82, 2.24) is 5.32 Å². The summed E-state index contributed by atoms with van der Waals surface area (Å²) in [6.45, 7) is 2.00. The van der Waals surface area contributed by atoms with Crippen molar-refractivity contribution in [3.8, 4) is 11.5 Å². The molecular weight excluding hydrogens is 352 g/mol. The molecule has 2 aromatic carbocycles. The second-order valence-electron chi connectivity index (χ2n) is 5.48. The quantitative estimate of drug-likeness (QED) is 0.592. The number of thiocarbonyl (C=S) groups is 1.